The van der Waals surface area contributed by atoms with E-state index in [-0.39, 0.29) is 23.4 Å². The first-order chi connectivity index (χ1) is 17.6. The molecule has 190 valence electrons. The largest absolute Gasteiger partial charge is 0.379 e. The average Bonchev–Trinajstić information content (AvgIpc) is 2.92. The monoisotopic (exact) mass is 488 g/mol. The number of hydrogen-bond donors (Lipinski definition) is 1. The summed E-state index contributed by atoms with van der Waals surface area (Å²) < 4.78 is 7.24. The number of fused-ring (bicyclic) bond motifs is 1. The molecule has 36 heavy (non-hydrogen) atoms. The highest BCUT2D eigenvalue weighted by Crippen LogP contribution is 2.34. The van der Waals surface area contributed by atoms with Crippen LogP contribution >= 0.6 is 0 Å². The van der Waals surface area contributed by atoms with Crippen LogP contribution < -0.4 is 10.9 Å². The van der Waals surface area contributed by atoms with E-state index < -0.39 is 0 Å². The number of amides is 1. The molecule has 0 radical (unpaired) electrons. The van der Waals surface area contributed by atoms with E-state index in [9.17, 15) is 9.59 Å². The normalized spacial score (nSPS) is 18.2. The van der Waals surface area contributed by atoms with Crippen LogP contribution in [-0.4, -0.2) is 58.7 Å². The number of aryl methyl sites for hydroxylation is 2. The van der Waals surface area contributed by atoms with E-state index in [0.29, 0.717) is 29.7 Å². The number of aromatic nitrogens is 2. The van der Waals surface area contributed by atoms with Crippen molar-refractivity contribution in [2.24, 2.45) is 0 Å². The van der Waals surface area contributed by atoms with Gasteiger partial charge in [0.25, 0.3) is 5.56 Å². The Labute approximate surface area is 212 Å². The van der Waals surface area contributed by atoms with Crippen LogP contribution in [0.2, 0.25) is 0 Å². The highest BCUT2D eigenvalue weighted by Gasteiger charge is 2.38. The van der Waals surface area contributed by atoms with Gasteiger partial charge in [0.05, 0.1) is 29.8 Å². The number of morpholine rings is 1. The fourth-order valence-corrected chi connectivity index (χ4v) is 5.74. The summed E-state index contributed by atoms with van der Waals surface area (Å²) in [4.78, 5) is 33.8. The lowest BCUT2D eigenvalue weighted by Crippen LogP contribution is -2.59. The molecule has 1 aromatic heterocycles. The van der Waals surface area contributed by atoms with Crippen molar-refractivity contribution in [3.63, 3.8) is 0 Å². The molecule has 5 rings (SSSR count). The summed E-state index contributed by atoms with van der Waals surface area (Å²) in [7, 11) is 0. The number of para-hydroxylation sites is 1. The van der Waals surface area contributed by atoms with Gasteiger partial charge in [0.15, 0.2) is 0 Å². The van der Waals surface area contributed by atoms with Crippen molar-refractivity contribution in [1.82, 2.24) is 19.8 Å². The zero-order valence-electron chi connectivity index (χ0n) is 21.2. The van der Waals surface area contributed by atoms with Crippen molar-refractivity contribution < 1.29 is 9.53 Å². The summed E-state index contributed by atoms with van der Waals surface area (Å²) >= 11 is 0. The first-order valence-electron chi connectivity index (χ1n) is 13.2. The van der Waals surface area contributed by atoms with E-state index >= 15 is 0 Å². The van der Waals surface area contributed by atoms with Crippen molar-refractivity contribution in [2.45, 2.75) is 57.4 Å². The standard InChI is InChI=1S/C29H36N4O3/c1-22-9-11-23(12-10-22)33-26(31-25-8-4-3-7-24(25)28(33)35)13-14-27(34)30-21-29(15-5-2-6-16-29)32-17-19-36-20-18-32/h3-4,7-12H,2,5-6,13-21H2,1H3,(H,30,34). The molecular weight excluding hydrogens is 452 g/mol. The third kappa shape index (κ3) is 5.22. The molecule has 1 amide bonds. The second kappa shape index (κ2) is 10.9. The molecule has 2 aliphatic rings. The van der Waals surface area contributed by atoms with Gasteiger partial charge in [0, 0.05) is 38.0 Å². The number of carbonyl (C=O) groups is 1. The average molecular weight is 489 g/mol. The summed E-state index contributed by atoms with van der Waals surface area (Å²) in [6.45, 7) is 6.08. The maximum atomic E-state index is 13.4. The van der Waals surface area contributed by atoms with Crippen molar-refractivity contribution in [3.05, 3.63) is 70.3 Å². The van der Waals surface area contributed by atoms with Gasteiger partial charge < -0.3 is 10.1 Å². The van der Waals surface area contributed by atoms with Crippen molar-refractivity contribution in [3.8, 4) is 5.69 Å². The Morgan fingerprint density at radius 1 is 1.03 bits per heavy atom. The van der Waals surface area contributed by atoms with Crippen LogP contribution in [0.4, 0.5) is 0 Å². The maximum Gasteiger partial charge on any atom is 0.265 e. The Morgan fingerprint density at radius 2 is 1.75 bits per heavy atom. The van der Waals surface area contributed by atoms with Gasteiger partial charge in [-0.05, 0) is 44.0 Å². The van der Waals surface area contributed by atoms with Gasteiger partial charge in [-0.3, -0.25) is 19.1 Å². The minimum Gasteiger partial charge on any atom is -0.379 e. The molecule has 7 heteroatoms. The molecule has 0 unspecified atom stereocenters. The lowest BCUT2D eigenvalue weighted by Gasteiger charge is -2.48. The molecule has 1 N–H and O–H groups in total. The highest BCUT2D eigenvalue weighted by molar-refractivity contribution is 5.78. The van der Waals surface area contributed by atoms with Crippen LogP contribution in [-0.2, 0) is 16.0 Å². The highest BCUT2D eigenvalue weighted by atomic mass is 16.5. The smallest absolute Gasteiger partial charge is 0.265 e. The van der Waals surface area contributed by atoms with Crippen LogP contribution in [0, 0.1) is 6.92 Å². The zero-order valence-corrected chi connectivity index (χ0v) is 21.2. The summed E-state index contributed by atoms with van der Waals surface area (Å²) in [5, 5.41) is 3.82. The number of hydrogen-bond acceptors (Lipinski definition) is 5. The number of nitrogens with zero attached hydrogens (tertiary/aromatic N) is 3. The lowest BCUT2D eigenvalue weighted by atomic mass is 9.79. The first kappa shape index (κ1) is 24.7. The number of ether oxygens (including phenoxy) is 1. The van der Waals surface area contributed by atoms with Gasteiger partial charge in [-0.15, -0.1) is 0 Å². The van der Waals surface area contributed by atoms with Gasteiger partial charge in [0.2, 0.25) is 5.91 Å². The second-order valence-corrected chi connectivity index (χ2v) is 10.2. The maximum absolute atomic E-state index is 13.4. The van der Waals surface area contributed by atoms with Crippen molar-refractivity contribution in [1.29, 1.82) is 0 Å². The van der Waals surface area contributed by atoms with Crippen molar-refractivity contribution >= 4 is 16.8 Å². The van der Waals surface area contributed by atoms with Crippen LogP contribution in [0.3, 0.4) is 0 Å². The molecule has 2 aromatic carbocycles. The molecule has 0 bridgehead atoms. The van der Waals surface area contributed by atoms with Gasteiger partial charge >= 0.3 is 0 Å². The summed E-state index contributed by atoms with van der Waals surface area (Å²) in [6.07, 6.45) is 6.59. The summed E-state index contributed by atoms with van der Waals surface area (Å²) in [6, 6.07) is 15.3. The molecule has 1 aliphatic heterocycles. The Morgan fingerprint density at radius 3 is 2.50 bits per heavy atom. The molecular formula is C29H36N4O3. The molecule has 1 saturated heterocycles. The molecule has 1 saturated carbocycles. The quantitative estimate of drug-likeness (QED) is 0.548. The summed E-state index contributed by atoms with van der Waals surface area (Å²) in [5.74, 6) is 0.615. The Balaban J connectivity index is 1.33. The van der Waals surface area contributed by atoms with E-state index in [1.807, 2.05) is 49.4 Å². The van der Waals surface area contributed by atoms with Gasteiger partial charge in [-0.2, -0.15) is 0 Å². The minimum absolute atomic E-state index is 0.00562. The number of carbonyl (C=O) groups excluding carboxylic acids is 1. The Bertz CT molecular complexity index is 1260. The SMILES string of the molecule is Cc1ccc(-n2c(CCC(=O)NCC3(N4CCOCC4)CCCCC3)nc3ccccc3c2=O)cc1. The van der Waals surface area contributed by atoms with E-state index in [2.05, 4.69) is 10.2 Å². The zero-order chi connectivity index (χ0) is 25.0. The topological polar surface area (TPSA) is 76.5 Å². The van der Waals surface area contributed by atoms with E-state index in [1.165, 1.54) is 19.3 Å². The molecule has 1 aliphatic carbocycles. The van der Waals surface area contributed by atoms with E-state index in [0.717, 1.165) is 50.4 Å². The van der Waals surface area contributed by atoms with Gasteiger partial charge in [0.1, 0.15) is 5.82 Å². The number of rotatable bonds is 7. The second-order valence-electron chi connectivity index (χ2n) is 10.2. The van der Waals surface area contributed by atoms with E-state index in [1.54, 1.807) is 10.6 Å². The predicted octanol–water partition coefficient (Wildman–Crippen LogP) is 3.78. The molecule has 7 nitrogen and oxygen atoms in total. The fraction of sp³-hybridized carbons (Fsp3) is 0.483. The third-order valence-corrected chi connectivity index (χ3v) is 7.79. The molecule has 3 aromatic rings. The molecule has 2 heterocycles. The first-order valence-corrected chi connectivity index (χ1v) is 13.2. The van der Waals surface area contributed by atoms with E-state index in [4.69, 9.17) is 9.72 Å². The van der Waals surface area contributed by atoms with Crippen LogP contribution in [0.25, 0.3) is 16.6 Å². The van der Waals surface area contributed by atoms with Crippen LogP contribution in [0.5, 0.6) is 0 Å². The number of benzene rings is 2. The van der Waals surface area contributed by atoms with Crippen molar-refractivity contribution in [2.75, 3.05) is 32.8 Å². The lowest BCUT2D eigenvalue weighted by molar-refractivity contribution is -0.122. The third-order valence-electron chi connectivity index (χ3n) is 7.79. The van der Waals surface area contributed by atoms with Gasteiger partial charge in [-0.1, -0.05) is 49.1 Å². The Hall–Kier alpha value is -3.03. The predicted molar refractivity (Wildman–Crippen MR) is 142 cm³/mol. The van der Waals surface area contributed by atoms with Crippen LogP contribution in [0.1, 0.15) is 49.9 Å². The molecule has 0 spiro atoms. The summed E-state index contributed by atoms with van der Waals surface area (Å²) in [5.41, 5.74) is 2.48. The Kier molecular flexibility index (Phi) is 7.48. The number of nitrogens with one attached hydrogen (secondary N) is 1. The van der Waals surface area contributed by atoms with Crippen LogP contribution in [0.15, 0.2) is 53.3 Å². The minimum atomic E-state index is -0.103. The molecule has 0 atom stereocenters. The fourth-order valence-electron chi connectivity index (χ4n) is 5.74. The molecule has 2 fully saturated rings. The van der Waals surface area contributed by atoms with Gasteiger partial charge in [-0.25, -0.2) is 4.98 Å².